The molecule has 6 heteroatoms. The summed E-state index contributed by atoms with van der Waals surface area (Å²) < 4.78 is 17.2. The van der Waals surface area contributed by atoms with Crippen LogP contribution in [-0.4, -0.2) is 42.4 Å². The smallest absolute Gasteiger partial charge is 0.278 e. The van der Waals surface area contributed by atoms with E-state index in [2.05, 4.69) is 15.3 Å². The maximum Gasteiger partial charge on any atom is 0.278 e. The van der Waals surface area contributed by atoms with Gasteiger partial charge in [0.25, 0.3) is 11.8 Å². The second kappa shape index (κ2) is 8.33. The van der Waals surface area contributed by atoms with Crippen LogP contribution >= 0.6 is 0 Å². The summed E-state index contributed by atoms with van der Waals surface area (Å²) >= 11 is 0. The Kier molecular flexibility index (Phi) is 5.64. The third kappa shape index (κ3) is 4.82. The molecule has 6 nitrogen and oxygen atoms in total. The van der Waals surface area contributed by atoms with Crippen molar-refractivity contribution in [1.29, 1.82) is 0 Å². The quantitative estimate of drug-likeness (QED) is 0.789. The molecule has 0 atom stereocenters. The normalized spacial score (nSPS) is 15.1. The van der Waals surface area contributed by atoms with Crippen LogP contribution in [0.1, 0.15) is 12.8 Å². The molecule has 2 aromatic rings. The summed E-state index contributed by atoms with van der Waals surface area (Å²) in [7, 11) is 0. The fraction of sp³-hybridized carbons (Fsp3) is 0.412. The zero-order chi connectivity index (χ0) is 15.7. The number of rotatable bonds is 7. The first-order valence-electron chi connectivity index (χ1n) is 7.91. The van der Waals surface area contributed by atoms with Crippen molar-refractivity contribution < 1.29 is 14.2 Å². The highest BCUT2D eigenvalue weighted by Crippen LogP contribution is 2.23. The first-order chi connectivity index (χ1) is 11.4. The van der Waals surface area contributed by atoms with Crippen LogP contribution in [-0.2, 0) is 0 Å². The number of hydrogen-bond donors (Lipinski definition) is 1. The molecule has 0 aliphatic carbocycles. The molecule has 1 aliphatic rings. The van der Waals surface area contributed by atoms with Gasteiger partial charge in [-0.3, -0.25) is 0 Å². The van der Waals surface area contributed by atoms with E-state index in [4.69, 9.17) is 14.2 Å². The number of ether oxygens (including phenoxy) is 3. The lowest BCUT2D eigenvalue weighted by Gasteiger charge is -2.23. The van der Waals surface area contributed by atoms with Gasteiger partial charge in [-0.1, -0.05) is 18.2 Å². The highest BCUT2D eigenvalue weighted by Gasteiger charge is 2.18. The lowest BCUT2D eigenvalue weighted by molar-refractivity contribution is 0.140. The van der Waals surface area contributed by atoms with Crippen molar-refractivity contribution in [1.82, 2.24) is 15.3 Å². The van der Waals surface area contributed by atoms with Crippen LogP contribution in [0.4, 0.5) is 0 Å². The Morgan fingerprint density at radius 2 is 1.61 bits per heavy atom. The minimum atomic E-state index is 0.163. The summed E-state index contributed by atoms with van der Waals surface area (Å²) in [6, 6.07) is 9.64. The molecule has 0 radical (unpaired) electrons. The predicted octanol–water partition coefficient (Wildman–Crippen LogP) is 2.07. The van der Waals surface area contributed by atoms with Crippen molar-refractivity contribution in [3.63, 3.8) is 0 Å². The largest absolute Gasteiger partial charge is 0.490 e. The second-order valence-corrected chi connectivity index (χ2v) is 5.24. The third-order valence-electron chi connectivity index (χ3n) is 3.53. The summed E-state index contributed by atoms with van der Waals surface area (Å²) in [6.45, 7) is 2.75. The van der Waals surface area contributed by atoms with Gasteiger partial charge in [0.05, 0.1) is 0 Å². The van der Waals surface area contributed by atoms with E-state index in [-0.39, 0.29) is 6.10 Å². The molecule has 23 heavy (non-hydrogen) atoms. The maximum absolute atomic E-state index is 5.92. The number of piperidine rings is 1. The van der Waals surface area contributed by atoms with E-state index in [1.165, 1.54) is 0 Å². The van der Waals surface area contributed by atoms with E-state index in [0.717, 1.165) is 31.7 Å². The Morgan fingerprint density at radius 1 is 0.913 bits per heavy atom. The van der Waals surface area contributed by atoms with Crippen LogP contribution in [0.2, 0.25) is 0 Å². The molecule has 0 saturated carbocycles. The van der Waals surface area contributed by atoms with E-state index >= 15 is 0 Å². The summed E-state index contributed by atoms with van der Waals surface area (Å²) in [6.07, 6.45) is 5.31. The van der Waals surface area contributed by atoms with Crippen LogP contribution < -0.4 is 19.5 Å². The van der Waals surface area contributed by atoms with Crippen LogP contribution in [0.15, 0.2) is 42.7 Å². The Balaban J connectivity index is 1.49. The number of nitrogens with zero attached hydrogens (tertiary/aromatic N) is 2. The molecule has 0 spiro atoms. The van der Waals surface area contributed by atoms with Gasteiger partial charge in [0.1, 0.15) is 25.1 Å². The monoisotopic (exact) mass is 315 g/mol. The molecule has 0 amide bonds. The first-order valence-corrected chi connectivity index (χ1v) is 7.91. The summed E-state index contributed by atoms with van der Waals surface area (Å²) in [5.74, 6) is 1.70. The average Bonchev–Trinajstić information content (AvgIpc) is 2.62. The van der Waals surface area contributed by atoms with Gasteiger partial charge in [-0.15, -0.1) is 0 Å². The molecule has 0 unspecified atom stereocenters. The number of hydrogen-bond acceptors (Lipinski definition) is 6. The zero-order valence-corrected chi connectivity index (χ0v) is 13.0. The second-order valence-electron chi connectivity index (χ2n) is 5.24. The van der Waals surface area contributed by atoms with Gasteiger partial charge in [-0.05, 0) is 38.1 Å². The van der Waals surface area contributed by atoms with Crippen molar-refractivity contribution in [2.75, 3.05) is 26.3 Å². The van der Waals surface area contributed by atoms with Crippen molar-refractivity contribution >= 4 is 0 Å². The fourth-order valence-corrected chi connectivity index (χ4v) is 2.38. The highest BCUT2D eigenvalue weighted by atomic mass is 16.6. The van der Waals surface area contributed by atoms with E-state index in [1.807, 2.05) is 30.3 Å². The van der Waals surface area contributed by atoms with Gasteiger partial charge in [-0.25, -0.2) is 9.97 Å². The molecule has 1 aromatic carbocycles. The van der Waals surface area contributed by atoms with Gasteiger partial charge in [0, 0.05) is 12.4 Å². The molecule has 2 heterocycles. The summed E-state index contributed by atoms with van der Waals surface area (Å²) in [5.41, 5.74) is 0. The Bertz CT molecular complexity index is 589. The summed E-state index contributed by atoms with van der Waals surface area (Å²) in [4.78, 5) is 8.45. The minimum absolute atomic E-state index is 0.163. The Morgan fingerprint density at radius 3 is 2.39 bits per heavy atom. The molecular weight excluding hydrogens is 294 g/mol. The lowest BCUT2D eigenvalue weighted by atomic mass is 10.1. The number of nitrogens with one attached hydrogen (secondary N) is 1. The van der Waals surface area contributed by atoms with Crippen LogP contribution in [0.3, 0.4) is 0 Å². The average molecular weight is 315 g/mol. The van der Waals surface area contributed by atoms with Gasteiger partial charge in [0.15, 0.2) is 0 Å². The van der Waals surface area contributed by atoms with Crippen LogP contribution in [0, 0.1) is 0 Å². The molecule has 1 aliphatic heterocycles. The highest BCUT2D eigenvalue weighted by molar-refractivity contribution is 5.24. The van der Waals surface area contributed by atoms with E-state index in [0.29, 0.717) is 25.0 Å². The van der Waals surface area contributed by atoms with Crippen molar-refractivity contribution in [3.05, 3.63) is 42.7 Å². The number of para-hydroxylation sites is 1. The van der Waals surface area contributed by atoms with Crippen LogP contribution in [0.25, 0.3) is 0 Å². The Hall–Kier alpha value is -2.34. The summed E-state index contributed by atoms with van der Waals surface area (Å²) in [5, 5.41) is 3.31. The molecule has 3 rings (SSSR count). The maximum atomic E-state index is 5.92. The molecule has 1 saturated heterocycles. The molecule has 1 N–H and O–H groups in total. The Labute approximate surface area is 135 Å². The van der Waals surface area contributed by atoms with Gasteiger partial charge in [-0.2, -0.15) is 0 Å². The molecule has 1 aromatic heterocycles. The minimum Gasteiger partial charge on any atom is -0.490 e. The number of aromatic nitrogens is 2. The van der Waals surface area contributed by atoms with Crippen molar-refractivity contribution in [3.8, 4) is 17.5 Å². The topological polar surface area (TPSA) is 65.5 Å². The first kappa shape index (κ1) is 15.6. The molecule has 1 fully saturated rings. The SMILES string of the molecule is c1ccc(OCCOc2nccnc2OC2CCNCC2)cc1. The molecule has 122 valence electrons. The van der Waals surface area contributed by atoms with E-state index in [1.54, 1.807) is 12.4 Å². The fourth-order valence-electron chi connectivity index (χ4n) is 2.38. The molecular formula is C17H21N3O3. The molecule has 0 bridgehead atoms. The van der Waals surface area contributed by atoms with E-state index in [9.17, 15) is 0 Å². The lowest BCUT2D eigenvalue weighted by Crippen LogP contribution is -2.34. The van der Waals surface area contributed by atoms with Crippen LogP contribution in [0.5, 0.6) is 17.5 Å². The van der Waals surface area contributed by atoms with Crippen molar-refractivity contribution in [2.24, 2.45) is 0 Å². The van der Waals surface area contributed by atoms with Gasteiger partial charge in [0.2, 0.25) is 0 Å². The predicted molar refractivity (Wildman–Crippen MR) is 86.0 cm³/mol. The van der Waals surface area contributed by atoms with Crippen molar-refractivity contribution in [2.45, 2.75) is 18.9 Å². The standard InChI is InChI=1S/C17H21N3O3/c1-2-4-14(5-3-1)21-12-13-22-16-17(20-11-10-19-16)23-15-6-8-18-9-7-15/h1-5,10-11,15,18H,6-9,12-13H2. The third-order valence-corrected chi connectivity index (χ3v) is 3.53. The van der Waals surface area contributed by atoms with E-state index < -0.39 is 0 Å². The number of benzene rings is 1. The van der Waals surface area contributed by atoms with Gasteiger partial charge < -0.3 is 19.5 Å². The zero-order valence-electron chi connectivity index (χ0n) is 13.0. The van der Waals surface area contributed by atoms with Gasteiger partial charge >= 0.3 is 0 Å².